The van der Waals surface area contributed by atoms with E-state index < -0.39 is 0 Å². The van der Waals surface area contributed by atoms with Gasteiger partial charge in [-0.25, -0.2) is 0 Å². The van der Waals surface area contributed by atoms with E-state index in [1.165, 1.54) is 5.56 Å². The summed E-state index contributed by atoms with van der Waals surface area (Å²) in [5.41, 5.74) is 3.12. The van der Waals surface area contributed by atoms with Crippen LogP contribution in [0.25, 0.3) is 0 Å². The van der Waals surface area contributed by atoms with E-state index in [2.05, 4.69) is 23.5 Å². The highest BCUT2D eigenvalue weighted by Crippen LogP contribution is 2.29. The molecule has 1 heterocycles. The number of methoxy groups -OCH3 is 2. The SMILES string of the molecule is COc1ccc(C(=O)C[C@H]2CCc3ccccc3N2)cc1OC. The van der Waals surface area contributed by atoms with Gasteiger partial charge in [-0.1, -0.05) is 18.2 Å². The van der Waals surface area contributed by atoms with Gasteiger partial charge in [-0.2, -0.15) is 0 Å². The summed E-state index contributed by atoms with van der Waals surface area (Å²) < 4.78 is 10.5. The number of anilines is 1. The fourth-order valence-corrected chi connectivity index (χ4v) is 3.01. The third kappa shape index (κ3) is 3.31. The number of para-hydroxylation sites is 1. The van der Waals surface area contributed by atoms with E-state index in [-0.39, 0.29) is 11.8 Å². The monoisotopic (exact) mass is 311 g/mol. The lowest BCUT2D eigenvalue weighted by Gasteiger charge is -2.26. The normalized spacial score (nSPS) is 16.2. The second-order valence-corrected chi connectivity index (χ2v) is 5.73. The highest BCUT2D eigenvalue weighted by molar-refractivity contribution is 5.97. The number of hydrogen-bond donors (Lipinski definition) is 1. The summed E-state index contributed by atoms with van der Waals surface area (Å²) in [6.07, 6.45) is 2.45. The van der Waals surface area contributed by atoms with Crippen molar-refractivity contribution in [3.05, 3.63) is 53.6 Å². The molecule has 120 valence electrons. The first kappa shape index (κ1) is 15.4. The molecule has 0 fully saturated rings. The largest absolute Gasteiger partial charge is 0.493 e. The Morgan fingerprint density at radius 1 is 1.13 bits per heavy atom. The minimum Gasteiger partial charge on any atom is -0.493 e. The minimum absolute atomic E-state index is 0.114. The van der Waals surface area contributed by atoms with Crippen LogP contribution in [-0.2, 0) is 6.42 Å². The van der Waals surface area contributed by atoms with Crippen molar-refractivity contribution in [1.29, 1.82) is 0 Å². The van der Waals surface area contributed by atoms with E-state index in [1.54, 1.807) is 32.4 Å². The second kappa shape index (κ2) is 6.73. The molecule has 2 aromatic carbocycles. The average molecular weight is 311 g/mol. The molecule has 0 bridgehead atoms. The molecule has 23 heavy (non-hydrogen) atoms. The van der Waals surface area contributed by atoms with E-state index in [1.807, 2.05) is 6.07 Å². The predicted molar refractivity (Wildman–Crippen MR) is 90.7 cm³/mol. The maximum absolute atomic E-state index is 12.6. The van der Waals surface area contributed by atoms with Crippen LogP contribution in [-0.4, -0.2) is 26.0 Å². The molecule has 0 aliphatic carbocycles. The van der Waals surface area contributed by atoms with Gasteiger partial charge in [0.1, 0.15) is 0 Å². The van der Waals surface area contributed by atoms with Crippen LogP contribution in [0.3, 0.4) is 0 Å². The highest BCUT2D eigenvalue weighted by atomic mass is 16.5. The van der Waals surface area contributed by atoms with Crippen LogP contribution in [0, 0.1) is 0 Å². The smallest absolute Gasteiger partial charge is 0.165 e. The zero-order chi connectivity index (χ0) is 16.2. The van der Waals surface area contributed by atoms with E-state index >= 15 is 0 Å². The lowest BCUT2D eigenvalue weighted by atomic mass is 9.93. The molecule has 0 saturated heterocycles. The van der Waals surface area contributed by atoms with Gasteiger partial charge in [0.25, 0.3) is 0 Å². The molecule has 1 atom stereocenters. The van der Waals surface area contributed by atoms with E-state index in [0.717, 1.165) is 18.5 Å². The molecule has 4 nitrogen and oxygen atoms in total. The Balaban J connectivity index is 1.70. The lowest BCUT2D eigenvalue weighted by Crippen LogP contribution is -2.28. The standard InChI is InChI=1S/C19H21NO3/c1-22-18-10-8-14(11-19(18)23-2)17(21)12-15-9-7-13-5-3-4-6-16(13)20-15/h3-6,8,10-11,15,20H,7,9,12H2,1-2H3/t15-/m1/s1. The Hall–Kier alpha value is -2.49. The van der Waals surface area contributed by atoms with Gasteiger partial charge in [0.15, 0.2) is 17.3 Å². The van der Waals surface area contributed by atoms with E-state index in [4.69, 9.17) is 9.47 Å². The summed E-state index contributed by atoms with van der Waals surface area (Å²) in [4.78, 5) is 12.6. The van der Waals surface area contributed by atoms with Crippen molar-refractivity contribution >= 4 is 11.5 Å². The van der Waals surface area contributed by atoms with Crippen molar-refractivity contribution in [3.63, 3.8) is 0 Å². The third-order valence-electron chi connectivity index (χ3n) is 4.28. The molecule has 0 aromatic heterocycles. The van der Waals surface area contributed by atoms with Gasteiger partial charge >= 0.3 is 0 Å². The van der Waals surface area contributed by atoms with Crippen LogP contribution in [0.15, 0.2) is 42.5 Å². The molecule has 0 saturated carbocycles. The first-order chi connectivity index (χ1) is 11.2. The number of hydrogen-bond acceptors (Lipinski definition) is 4. The summed E-state index contributed by atoms with van der Waals surface area (Å²) in [5, 5.41) is 3.47. The summed E-state index contributed by atoms with van der Waals surface area (Å²) in [7, 11) is 3.16. The van der Waals surface area contributed by atoms with Crippen LogP contribution in [0.2, 0.25) is 0 Å². The van der Waals surface area contributed by atoms with Crippen molar-refractivity contribution in [3.8, 4) is 11.5 Å². The van der Waals surface area contributed by atoms with Crippen LogP contribution >= 0.6 is 0 Å². The number of fused-ring (bicyclic) bond motifs is 1. The van der Waals surface area contributed by atoms with Gasteiger partial charge < -0.3 is 14.8 Å². The fourth-order valence-electron chi connectivity index (χ4n) is 3.01. The molecule has 2 aromatic rings. The van der Waals surface area contributed by atoms with Crippen molar-refractivity contribution in [2.75, 3.05) is 19.5 Å². The minimum atomic E-state index is 0.114. The topological polar surface area (TPSA) is 47.6 Å². The summed E-state index contributed by atoms with van der Waals surface area (Å²) in [6.45, 7) is 0. The molecule has 0 spiro atoms. The van der Waals surface area contributed by atoms with Crippen LogP contribution < -0.4 is 14.8 Å². The number of Topliss-reactive ketones (excluding diaryl/α,β-unsaturated/α-hetero) is 1. The van der Waals surface area contributed by atoms with Gasteiger partial charge in [-0.3, -0.25) is 4.79 Å². The van der Waals surface area contributed by atoms with Crippen molar-refractivity contribution < 1.29 is 14.3 Å². The molecular formula is C19H21NO3. The molecule has 1 N–H and O–H groups in total. The molecule has 0 unspecified atom stereocenters. The zero-order valence-electron chi connectivity index (χ0n) is 13.5. The Labute approximate surface area is 136 Å². The maximum Gasteiger partial charge on any atom is 0.165 e. The zero-order valence-corrected chi connectivity index (χ0v) is 13.5. The number of rotatable bonds is 5. The highest BCUT2D eigenvalue weighted by Gasteiger charge is 2.21. The van der Waals surface area contributed by atoms with Gasteiger partial charge in [0.2, 0.25) is 0 Å². The molecule has 1 aliphatic heterocycles. The maximum atomic E-state index is 12.6. The molecule has 4 heteroatoms. The Bertz CT molecular complexity index is 712. The Kier molecular flexibility index (Phi) is 4.51. The number of aryl methyl sites for hydroxylation is 1. The van der Waals surface area contributed by atoms with Crippen molar-refractivity contribution in [2.45, 2.75) is 25.3 Å². The van der Waals surface area contributed by atoms with E-state index in [0.29, 0.717) is 23.5 Å². The van der Waals surface area contributed by atoms with Crippen LogP contribution in [0.5, 0.6) is 11.5 Å². The van der Waals surface area contributed by atoms with Gasteiger partial charge in [-0.15, -0.1) is 0 Å². The first-order valence-corrected chi connectivity index (χ1v) is 7.81. The predicted octanol–water partition coefficient (Wildman–Crippen LogP) is 3.70. The lowest BCUT2D eigenvalue weighted by molar-refractivity contribution is 0.0975. The first-order valence-electron chi connectivity index (χ1n) is 7.81. The van der Waals surface area contributed by atoms with E-state index in [9.17, 15) is 4.79 Å². The number of carbonyl (C=O) groups excluding carboxylic acids is 1. The molecule has 0 radical (unpaired) electrons. The average Bonchev–Trinajstić information content (AvgIpc) is 2.60. The number of ketones is 1. The third-order valence-corrected chi connectivity index (χ3v) is 4.28. The van der Waals surface area contributed by atoms with Gasteiger partial charge in [0.05, 0.1) is 14.2 Å². The fraction of sp³-hybridized carbons (Fsp3) is 0.316. The van der Waals surface area contributed by atoms with Crippen molar-refractivity contribution in [2.24, 2.45) is 0 Å². The summed E-state index contributed by atoms with van der Waals surface area (Å²) in [6, 6.07) is 13.8. The van der Waals surface area contributed by atoms with Gasteiger partial charge in [-0.05, 0) is 42.7 Å². The number of carbonyl (C=O) groups is 1. The number of ether oxygens (including phenoxy) is 2. The van der Waals surface area contributed by atoms with Crippen molar-refractivity contribution in [1.82, 2.24) is 0 Å². The second-order valence-electron chi connectivity index (χ2n) is 5.73. The van der Waals surface area contributed by atoms with Crippen LogP contribution in [0.4, 0.5) is 5.69 Å². The molecular weight excluding hydrogens is 290 g/mol. The molecule has 1 aliphatic rings. The molecule has 3 rings (SSSR count). The number of benzene rings is 2. The Morgan fingerprint density at radius 3 is 2.70 bits per heavy atom. The molecule has 0 amide bonds. The van der Waals surface area contributed by atoms with Gasteiger partial charge in [0, 0.05) is 23.7 Å². The summed E-state index contributed by atoms with van der Waals surface area (Å²) >= 11 is 0. The van der Waals surface area contributed by atoms with Crippen LogP contribution in [0.1, 0.15) is 28.8 Å². The summed E-state index contributed by atoms with van der Waals surface area (Å²) in [5.74, 6) is 1.33. The number of nitrogens with one attached hydrogen (secondary N) is 1. The quantitative estimate of drug-likeness (QED) is 0.855. The Morgan fingerprint density at radius 2 is 1.91 bits per heavy atom.